The van der Waals surface area contributed by atoms with Crippen molar-refractivity contribution in [1.82, 2.24) is 5.01 Å². The van der Waals surface area contributed by atoms with Gasteiger partial charge in [0.2, 0.25) is 0 Å². The molecule has 0 fully saturated rings. The van der Waals surface area contributed by atoms with Gasteiger partial charge in [0.1, 0.15) is 4.92 Å². The fraction of sp³-hybridized carbons (Fsp3) is 0.267. The number of aromatic hydroxyl groups is 2. The molecule has 0 saturated heterocycles. The standard InChI is InChI=1S/C15H18N4O7/c20-12-4-2-10(8-13(12)21)16-6-1-7-18(15(22)23)17-9-11-3-5-14(26-11)19(24)25/h2-5,8-9,15-16,20-23H,1,6-7H2/b17-9+. The van der Waals surface area contributed by atoms with Crippen molar-refractivity contribution in [1.29, 1.82) is 0 Å². The van der Waals surface area contributed by atoms with Gasteiger partial charge in [-0.15, -0.1) is 0 Å². The minimum Gasteiger partial charge on any atom is -0.504 e. The Balaban J connectivity index is 1.84. The van der Waals surface area contributed by atoms with E-state index in [0.29, 0.717) is 18.7 Å². The number of aliphatic hydroxyl groups excluding tert-OH is 1. The van der Waals surface area contributed by atoms with Crippen molar-refractivity contribution in [3.8, 4) is 11.5 Å². The molecule has 11 nitrogen and oxygen atoms in total. The van der Waals surface area contributed by atoms with Crippen LogP contribution in [-0.4, -0.2) is 56.1 Å². The summed E-state index contributed by atoms with van der Waals surface area (Å²) in [6, 6.07) is 6.78. The summed E-state index contributed by atoms with van der Waals surface area (Å²) in [6.45, 7) is 0.587. The van der Waals surface area contributed by atoms with E-state index < -0.39 is 17.2 Å². The van der Waals surface area contributed by atoms with Gasteiger partial charge in [-0.25, -0.2) is 5.01 Å². The summed E-state index contributed by atoms with van der Waals surface area (Å²) in [5, 5.41) is 55.6. The van der Waals surface area contributed by atoms with Crippen molar-refractivity contribution >= 4 is 17.8 Å². The van der Waals surface area contributed by atoms with E-state index in [1.54, 1.807) is 6.07 Å². The zero-order valence-electron chi connectivity index (χ0n) is 13.5. The first-order chi connectivity index (χ1) is 12.4. The molecule has 0 saturated carbocycles. The van der Waals surface area contributed by atoms with Crippen LogP contribution >= 0.6 is 0 Å². The van der Waals surface area contributed by atoms with Crippen LogP contribution in [0, 0.1) is 10.1 Å². The summed E-state index contributed by atoms with van der Waals surface area (Å²) in [7, 11) is 0. The second kappa shape index (κ2) is 8.69. The van der Waals surface area contributed by atoms with Crippen molar-refractivity contribution < 1.29 is 29.8 Å². The minimum atomic E-state index is -1.85. The Kier molecular flexibility index (Phi) is 6.36. The highest BCUT2D eigenvalue weighted by molar-refractivity contribution is 5.75. The minimum absolute atomic E-state index is 0.0973. The molecule has 0 aliphatic rings. The summed E-state index contributed by atoms with van der Waals surface area (Å²) in [5.41, 5.74) is 0.586. The maximum absolute atomic E-state index is 10.5. The van der Waals surface area contributed by atoms with Crippen LogP contribution < -0.4 is 5.32 Å². The number of rotatable bonds is 9. The summed E-state index contributed by atoms with van der Waals surface area (Å²) in [5.74, 6) is -0.818. The van der Waals surface area contributed by atoms with Crippen LogP contribution in [0.3, 0.4) is 0 Å². The zero-order valence-corrected chi connectivity index (χ0v) is 13.5. The van der Waals surface area contributed by atoms with Crippen LogP contribution in [0.4, 0.5) is 11.6 Å². The molecule has 140 valence electrons. The second-order valence-electron chi connectivity index (χ2n) is 5.17. The van der Waals surface area contributed by atoms with Crippen molar-refractivity contribution in [2.45, 2.75) is 12.8 Å². The summed E-state index contributed by atoms with van der Waals surface area (Å²) in [4.78, 5) is 9.84. The molecule has 0 aliphatic heterocycles. The number of benzene rings is 1. The lowest BCUT2D eigenvalue weighted by molar-refractivity contribution is -0.402. The van der Waals surface area contributed by atoms with Crippen LogP contribution in [0.25, 0.3) is 0 Å². The molecular weight excluding hydrogens is 348 g/mol. The molecule has 0 aliphatic carbocycles. The van der Waals surface area contributed by atoms with Crippen molar-refractivity contribution in [3.05, 3.63) is 46.2 Å². The molecule has 0 bridgehead atoms. The second-order valence-corrected chi connectivity index (χ2v) is 5.17. The van der Waals surface area contributed by atoms with Gasteiger partial charge in [-0.1, -0.05) is 0 Å². The molecule has 2 aromatic rings. The molecule has 1 heterocycles. The number of nitrogens with one attached hydrogen (secondary N) is 1. The highest BCUT2D eigenvalue weighted by atomic mass is 16.6. The molecule has 0 radical (unpaired) electrons. The van der Waals surface area contributed by atoms with Crippen molar-refractivity contribution in [2.24, 2.45) is 5.10 Å². The van der Waals surface area contributed by atoms with Crippen LogP contribution in [0.5, 0.6) is 11.5 Å². The molecule has 0 unspecified atom stereocenters. The van der Waals surface area contributed by atoms with Gasteiger partial charge in [0.25, 0.3) is 6.41 Å². The Morgan fingerprint density at radius 2 is 2.04 bits per heavy atom. The van der Waals surface area contributed by atoms with E-state index in [4.69, 9.17) is 4.42 Å². The normalized spacial score (nSPS) is 11.2. The van der Waals surface area contributed by atoms with E-state index in [9.17, 15) is 30.5 Å². The highest BCUT2D eigenvalue weighted by Gasteiger charge is 2.12. The van der Waals surface area contributed by atoms with Gasteiger partial charge in [0.05, 0.1) is 12.3 Å². The number of nitrogens with zero attached hydrogens (tertiary/aromatic N) is 3. The smallest absolute Gasteiger partial charge is 0.433 e. The predicted octanol–water partition coefficient (Wildman–Crippen LogP) is 1.01. The number of nitro groups is 1. The summed E-state index contributed by atoms with van der Waals surface area (Å²) in [6.07, 6.45) is -0.263. The van der Waals surface area contributed by atoms with Gasteiger partial charge >= 0.3 is 5.88 Å². The first-order valence-corrected chi connectivity index (χ1v) is 7.53. The third kappa shape index (κ3) is 5.36. The molecule has 1 aromatic heterocycles. The van der Waals surface area contributed by atoms with E-state index in [1.165, 1.54) is 18.2 Å². The monoisotopic (exact) mass is 366 g/mol. The van der Waals surface area contributed by atoms with E-state index >= 15 is 0 Å². The van der Waals surface area contributed by atoms with E-state index in [1.807, 2.05) is 0 Å². The fourth-order valence-corrected chi connectivity index (χ4v) is 1.98. The number of hydrogen-bond acceptors (Lipinski definition) is 10. The SMILES string of the molecule is O=[N+]([O-])c1ccc(/C=N/N(CCCNc2ccc(O)c(O)c2)C(O)O)o1. The predicted molar refractivity (Wildman–Crippen MR) is 90.8 cm³/mol. The van der Waals surface area contributed by atoms with Gasteiger partial charge in [0.15, 0.2) is 17.3 Å². The van der Waals surface area contributed by atoms with Crippen molar-refractivity contribution in [2.75, 3.05) is 18.4 Å². The molecule has 0 spiro atoms. The average Bonchev–Trinajstić information content (AvgIpc) is 3.06. The van der Waals surface area contributed by atoms with Gasteiger partial charge < -0.3 is 30.2 Å². The Morgan fingerprint density at radius 1 is 1.27 bits per heavy atom. The number of hydrazone groups is 1. The number of furan rings is 1. The third-order valence-electron chi connectivity index (χ3n) is 3.26. The average molecular weight is 366 g/mol. The lowest BCUT2D eigenvalue weighted by Crippen LogP contribution is -2.32. The number of aliphatic hydroxyl groups is 2. The van der Waals surface area contributed by atoms with Gasteiger partial charge in [-0.2, -0.15) is 5.10 Å². The lowest BCUT2D eigenvalue weighted by Gasteiger charge is -2.20. The maximum atomic E-state index is 10.5. The first-order valence-electron chi connectivity index (χ1n) is 7.53. The summed E-state index contributed by atoms with van der Waals surface area (Å²) >= 11 is 0. The van der Waals surface area contributed by atoms with Crippen LogP contribution in [0.15, 0.2) is 39.9 Å². The molecule has 26 heavy (non-hydrogen) atoms. The number of hydrogen-bond donors (Lipinski definition) is 5. The Hall–Kier alpha value is -3.31. The van der Waals surface area contributed by atoms with Crippen LogP contribution in [0.1, 0.15) is 12.2 Å². The van der Waals surface area contributed by atoms with Gasteiger partial charge in [-0.3, -0.25) is 10.1 Å². The molecule has 2 rings (SSSR count). The Labute approximate surface area is 147 Å². The largest absolute Gasteiger partial charge is 0.504 e. The quantitative estimate of drug-likeness (QED) is 0.0828. The first kappa shape index (κ1) is 19.0. The van der Waals surface area contributed by atoms with E-state index in [2.05, 4.69) is 10.4 Å². The number of phenolic OH excluding ortho intramolecular Hbond substituents is 2. The van der Waals surface area contributed by atoms with Gasteiger partial charge in [-0.05, 0) is 24.6 Å². The topological polar surface area (TPSA) is 165 Å². The molecule has 1 aromatic carbocycles. The lowest BCUT2D eigenvalue weighted by atomic mass is 10.2. The number of phenols is 2. The van der Waals surface area contributed by atoms with E-state index in [-0.39, 0.29) is 23.8 Å². The van der Waals surface area contributed by atoms with Crippen LogP contribution in [0.2, 0.25) is 0 Å². The molecule has 0 atom stereocenters. The molecular formula is C15H18N4O7. The fourth-order valence-electron chi connectivity index (χ4n) is 1.98. The molecule has 11 heteroatoms. The number of anilines is 1. The van der Waals surface area contributed by atoms with Gasteiger partial charge in [0, 0.05) is 24.8 Å². The van der Waals surface area contributed by atoms with Crippen LogP contribution in [-0.2, 0) is 0 Å². The van der Waals surface area contributed by atoms with Crippen molar-refractivity contribution in [3.63, 3.8) is 0 Å². The third-order valence-corrected chi connectivity index (χ3v) is 3.26. The summed E-state index contributed by atoms with van der Waals surface area (Å²) < 4.78 is 4.88. The Morgan fingerprint density at radius 3 is 2.65 bits per heavy atom. The highest BCUT2D eigenvalue weighted by Crippen LogP contribution is 2.27. The van der Waals surface area contributed by atoms with E-state index in [0.717, 1.165) is 17.3 Å². The Bertz CT molecular complexity index is 775. The molecule has 5 N–H and O–H groups in total. The molecule has 0 amide bonds. The zero-order chi connectivity index (χ0) is 19.1. The maximum Gasteiger partial charge on any atom is 0.433 e.